The zero-order valence-electron chi connectivity index (χ0n) is 10.6. The predicted molar refractivity (Wildman–Crippen MR) is 73.6 cm³/mol. The summed E-state index contributed by atoms with van der Waals surface area (Å²) in [4.78, 5) is 12.1. The molecule has 0 bridgehead atoms. The Labute approximate surface area is 112 Å². The predicted octanol–water partition coefficient (Wildman–Crippen LogP) is 2.14. The van der Waals surface area contributed by atoms with E-state index in [1.54, 1.807) is 6.07 Å². The van der Waals surface area contributed by atoms with E-state index in [1.165, 1.54) is 19.1 Å². The first-order chi connectivity index (χ1) is 8.74. The number of carbonyl (C=O) groups excluding carboxylic acids is 1. The van der Waals surface area contributed by atoms with Gasteiger partial charge in [0, 0.05) is 11.3 Å². The summed E-state index contributed by atoms with van der Waals surface area (Å²) in [5.41, 5.74) is 6.03. The second-order valence-electron chi connectivity index (χ2n) is 4.51. The van der Waals surface area contributed by atoms with Crippen LogP contribution < -0.4 is 11.1 Å². The van der Waals surface area contributed by atoms with Crippen molar-refractivity contribution < 1.29 is 9.21 Å². The van der Waals surface area contributed by atoms with E-state index < -0.39 is 0 Å². The van der Waals surface area contributed by atoms with Gasteiger partial charge in [0.15, 0.2) is 0 Å². The van der Waals surface area contributed by atoms with Crippen LogP contribution in [0.1, 0.15) is 42.3 Å². The first kappa shape index (κ1) is 13.5. The van der Waals surface area contributed by atoms with Gasteiger partial charge in [-0.3, -0.25) is 4.79 Å². The molecule has 0 radical (unpaired) electrons. The molecule has 0 aliphatic heterocycles. The van der Waals surface area contributed by atoms with Gasteiger partial charge < -0.3 is 15.5 Å². The second kappa shape index (κ2) is 6.29. The van der Waals surface area contributed by atoms with Crippen molar-refractivity contribution in [3.8, 4) is 0 Å². The van der Waals surface area contributed by atoms with Crippen LogP contribution in [0.2, 0.25) is 0 Å². The first-order valence-electron chi connectivity index (χ1n) is 6.44. The number of nitrogens with two attached hydrogens (primary N) is 1. The van der Waals surface area contributed by atoms with Gasteiger partial charge in [-0.25, -0.2) is 0 Å². The van der Waals surface area contributed by atoms with Gasteiger partial charge in [-0.2, -0.15) is 11.8 Å². The summed E-state index contributed by atoms with van der Waals surface area (Å²) < 4.78 is 5.18. The van der Waals surface area contributed by atoms with E-state index in [-0.39, 0.29) is 5.91 Å². The zero-order chi connectivity index (χ0) is 13.0. The molecular weight excluding hydrogens is 248 g/mol. The van der Waals surface area contributed by atoms with Crippen LogP contribution in [0, 0.1) is 0 Å². The van der Waals surface area contributed by atoms with Gasteiger partial charge in [-0.15, -0.1) is 0 Å². The lowest BCUT2D eigenvalue weighted by Crippen LogP contribution is -2.38. The van der Waals surface area contributed by atoms with Crippen molar-refractivity contribution in [2.24, 2.45) is 5.73 Å². The monoisotopic (exact) mass is 268 g/mol. The average Bonchev–Trinajstić information content (AvgIpc) is 2.99. The Bertz CT molecular complexity index is 405. The van der Waals surface area contributed by atoms with Crippen LogP contribution in [0.25, 0.3) is 0 Å². The molecule has 1 heterocycles. The third kappa shape index (κ3) is 3.09. The molecule has 3 N–H and O–H groups in total. The van der Waals surface area contributed by atoms with E-state index in [4.69, 9.17) is 10.2 Å². The van der Waals surface area contributed by atoms with Crippen molar-refractivity contribution in [1.29, 1.82) is 0 Å². The highest BCUT2D eigenvalue weighted by Gasteiger charge is 2.28. The Morgan fingerprint density at radius 2 is 2.44 bits per heavy atom. The summed E-state index contributed by atoms with van der Waals surface area (Å²) >= 11 is 1.94. The Morgan fingerprint density at radius 3 is 3.11 bits per heavy atom. The van der Waals surface area contributed by atoms with Crippen molar-refractivity contribution in [2.75, 3.05) is 5.75 Å². The smallest absolute Gasteiger partial charge is 0.254 e. The Balaban J connectivity index is 1.94. The molecule has 4 nitrogen and oxygen atoms in total. The van der Waals surface area contributed by atoms with Crippen LogP contribution in [0.3, 0.4) is 0 Å². The summed E-state index contributed by atoms with van der Waals surface area (Å²) in [5, 5.41) is 3.66. The van der Waals surface area contributed by atoms with Crippen molar-refractivity contribution >= 4 is 17.7 Å². The Kier molecular flexibility index (Phi) is 4.72. The number of carbonyl (C=O) groups is 1. The molecule has 1 amide bonds. The molecule has 0 aromatic carbocycles. The van der Waals surface area contributed by atoms with E-state index in [1.807, 2.05) is 11.8 Å². The largest absolute Gasteiger partial charge is 0.467 e. The summed E-state index contributed by atoms with van der Waals surface area (Å²) in [6, 6.07) is 2.00. The standard InChI is InChI=1S/C13H20N2O2S/c1-2-18-12-5-3-4-11(12)15-13(16)9-6-10(7-14)17-8-9/h6,8,11-12H,2-5,7,14H2,1H3,(H,15,16). The van der Waals surface area contributed by atoms with Gasteiger partial charge in [0.25, 0.3) is 5.91 Å². The molecular formula is C13H20N2O2S. The lowest BCUT2D eigenvalue weighted by atomic mass is 10.2. The van der Waals surface area contributed by atoms with E-state index in [9.17, 15) is 4.79 Å². The molecule has 1 aliphatic rings. The minimum atomic E-state index is -0.0490. The van der Waals surface area contributed by atoms with Crippen LogP contribution >= 0.6 is 11.8 Å². The van der Waals surface area contributed by atoms with E-state index in [2.05, 4.69) is 12.2 Å². The molecule has 0 saturated heterocycles. The number of hydrogen-bond donors (Lipinski definition) is 2. The lowest BCUT2D eigenvalue weighted by Gasteiger charge is -2.19. The molecule has 1 aromatic heterocycles. The highest BCUT2D eigenvalue weighted by molar-refractivity contribution is 7.99. The van der Waals surface area contributed by atoms with Crippen LogP contribution in [-0.2, 0) is 6.54 Å². The maximum absolute atomic E-state index is 12.1. The van der Waals surface area contributed by atoms with Gasteiger partial charge in [0.2, 0.25) is 0 Å². The molecule has 1 aromatic rings. The van der Waals surface area contributed by atoms with Gasteiger partial charge in [0.05, 0.1) is 12.1 Å². The fraction of sp³-hybridized carbons (Fsp3) is 0.615. The summed E-state index contributed by atoms with van der Waals surface area (Å²) in [6.45, 7) is 2.48. The third-order valence-electron chi connectivity index (χ3n) is 3.27. The van der Waals surface area contributed by atoms with Crippen LogP contribution in [0.15, 0.2) is 16.7 Å². The highest BCUT2D eigenvalue weighted by atomic mass is 32.2. The number of nitrogens with one attached hydrogen (secondary N) is 1. The lowest BCUT2D eigenvalue weighted by molar-refractivity contribution is 0.0938. The molecule has 5 heteroatoms. The van der Waals surface area contributed by atoms with Crippen molar-refractivity contribution in [2.45, 2.75) is 44.0 Å². The molecule has 100 valence electrons. The van der Waals surface area contributed by atoms with Crippen LogP contribution in [0.5, 0.6) is 0 Å². The highest BCUT2D eigenvalue weighted by Crippen LogP contribution is 2.30. The first-order valence-corrected chi connectivity index (χ1v) is 7.49. The topological polar surface area (TPSA) is 68.3 Å². The Hall–Kier alpha value is -0.940. The Morgan fingerprint density at radius 1 is 1.61 bits per heavy atom. The van der Waals surface area contributed by atoms with Crippen molar-refractivity contribution in [3.63, 3.8) is 0 Å². The maximum atomic E-state index is 12.1. The molecule has 1 fully saturated rings. The van der Waals surface area contributed by atoms with E-state index in [0.717, 1.165) is 12.2 Å². The van der Waals surface area contributed by atoms with E-state index >= 15 is 0 Å². The van der Waals surface area contributed by atoms with Crippen LogP contribution in [-0.4, -0.2) is 23.0 Å². The number of amides is 1. The summed E-state index contributed by atoms with van der Waals surface area (Å²) in [6.07, 6.45) is 4.95. The molecule has 18 heavy (non-hydrogen) atoms. The third-order valence-corrected chi connectivity index (χ3v) is 4.59. The van der Waals surface area contributed by atoms with Gasteiger partial charge in [-0.05, 0) is 24.7 Å². The molecule has 2 rings (SSSR count). The summed E-state index contributed by atoms with van der Waals surface area (Å²) in [7, 11) is 0. The number of furan rings is 1. The number of rotatable bonds is 5. The maximum Gasteiger partial charge on any atom is 0.254 e. The minimum Gasteiger partial charge on any atom is -0.467 e. The average molecular weight is 268 g/mol. The van der Waals surface area contributed by atoms with Gasteiger partial charge >= 0.3 is 0 Å². The SMILES string of the molecule is CCSC1CCCC1NC(=O)c1coc(CN)c1. The fourth-order valence-electron chi connectivity index (χ4n) is 2.36. The van der Waals surface area contributed by atoms with Crippen molar-refractivity contribution in [3.05, 3.63) is 23.7 Å². The van der Waals surface area contributed by atoms with E-state index in [0.29, 0.717) is 29.2 Å². The fourth-order valence-corrected chi connectivity index (χ4v) is 3.56. The molecule has 0 spiro atoms. The number of hydrogen-bond acceptors (Lipinski definition) is 4. The molecule has 1 aliphatic carbocycles. The quantitative estimate of drug-likeness (QED) is 0.858. The number of thioether (sulfide) groups is 1. The zero-order valence-corrected chi connectivity index (χ0v) is 11.5. The van der Waals surface area contributed by atoms with Gasteiger partial charge in [-0.1, -0.05) is 13.3 Å². The second-order valence-corrected chi connectivity index (χ2v) is 6.03. The van der Waals surface area contributed by atoms with Crippen LogP contribution in [0.4, 0.5) is 0 Å². The molecule has 2 unspecified atom stereocenters. The molecule has 2 atom stereocenters. The van der Waals surface area contributed by atoms with Gasteiger partial charge in [0.1, 0.15) is 12.0 Å². The van der Waals surface area contributed by atoms with Crippen molar-refractivity contribution in [1.82, 2.24) is 5.32 Å². The minimum absolute atomic E-state index is 0.0490. The summed E-state index contributed by atoms with van der Waals surface area (Å²) in [5.74, 6) is 1.69. The molecule has 1 saturated carbocycles. The normalized spacial score (nSPS) is 23.2.